The van der Waals surface area contributed by atoms with Crippen LogP contribution in [0.1, 0.15) is 16.1 Å². The zero-order valence-corrected chi connectivity index (χ0v) is 25.9. The number of carbonyl (C=O) groups excluding carboxylic acids is 3. The Morgan fingerprint density at radius 1 is 0.739 bits per heavy atom. The van der Waals surface area contributed by atoms with E-state index in [2.05, 4.69) is 16.0 Å². The largest absolute Gasteiger partial charge is 0.497 e. The smallest absolute Gasteiger partial charge is 0.272 e. The molecule has 0 bridgehead atoms. The van der Waals surface area contributed by atoms with E-state index in [1.807, 2.05) is 30.3 Å². The van der Waals surface area contributed by atoms with Gasteiger partial charge in [-0.3, -0.25) is 14.4 Å². The second kappa shape index (κ2) is 15.3. The van der Waals surface area contributed by atoms with Gasteiger partial charge in [0, 0.05) is 51.7 Å². The number of hydrogen-bond donors (Lipinski definition) is 3. The Bertz CT molecular complexity index is 1810. The molecule has 5 aromatic rings. The Balaban J connectivity index is 1.24. The summed E-state index contributed by atoms with van der Waals surface area (Å²) >= 11 is 1.34. The molecule has 1 heterocycles. The summed E-state index contributed by atoms with van der Waals surface area (Å²) in [5.74, 6) is 1.16. The molecule has 4 aromatic carbocycles. The van der Waals surface area contributed by atoms with E-state index >= 15 is 0 Å². The second-order valence-corrected chi connectivity index (χ2v) is 10.9. The quantitative estimate of drug-likeness (QED) is 0.0990. The Kier molecular flexibility index (Phi) is 10.5. The van der Waals surface area contributed by atoms with Crippen molar-refractivity contribution in [2.45, 2.75) is 4.90 Å². The fraction of sp³-hybridized carbons (Fsp3) is 0.0833. The van der Waals surface area contributed by atoms with E-state index in [4.69, 9.17) is 13.9 Å². The van der Waals surface area contributed by atoms with Crippen molar-refractivity contribution in [2.75, 3.05) is 30.6 Å². The van der Waals surface area contributed by atoms with E-state index in [-0.39, 0.29) is 17.4 Å². The Labute approximate surface area is 270 Å². The zero-order chi connectivity index (χ0) is 32.3. The highest BCUT2D eigenvalue weighted by atomic mass is 32.2. The molecule has 0 saturated carbocycles. The van der Waals surface area contributed by atoms with Crippen LogP contribution in [0, 0.1) is 0 Å². The molecule has 0 spiro atoms. The maximum Gasteiger partial charge on any atom is 0.272 e. The number of carbonyl (C=O) groups is 3. The number of thioether (sulfide) groups is 1. The van der Waals surface area contributed by atoms with Crippen molar-refractivity contribution in [1.29, 1.82) is 0 Å². The molecule has 0 saturated heterocycles. The molecule has 1 aromatic heterocycles. The van der Waals surface area contributed by atoms with E-state index in [1.165, 1.54) is 17.8 Å². The van der Waals surface area contributed by atoms with Crippen LogP contribution in [0.2, 0.25) is 0 Å². The first kappa shape index (κ1) is 31.7. The minimum Gasteiger partial charge on any atom is -0.497 e. The van der Waals surface area contributed by atoms with Gasteiger partial charge in [-0.05, 0) is 48.5 Å². The number of hydrogen-bond acceptors (Lipinski definition) is 7. The highest BCUT2D eigenvalue weighted by Crippen LogP contribution is 2.27. The van der Waals surface area contributed by atoms with Crippen molar-refractivity contribution < 1.29 is 28.3 Å². The van der Waals surface area contributed by atoms with Crippen molar-refractivity contribution in [3.8, 4) is 22.8 Å². The highest BCUT2D eigenvalue weighted by Gasteiger charge is 2.17. The molecule has 3 N–H and O–H groups in total. The number of ether oxygens (including phenoxy) is 2. The van der Waals surface area contributed by atoms with E-state index in [0.29, 0.717) is 40.0 Å². The van der Waals surface area contributed by atoms with Gasteiger partial charge >= 0.3 is 0 Å². The fourth-order valence-corrected chi connectivity index (χ4v) is 5.03. The lowest BCUT2D eigenvalue weighted by atomic mass is 10.2. The molecule has 0 fully saturated rings. The topological polar surface area (TPSA) is 119 Å². The van der Waals surface area contributed by atoms with Gasteiger partial charge in [-0.15, -0.1) is 11.8 Å². The molecule has 0 aliphatic rings. The summed E-state index contributed by atoms with van der Waals surface area (Å²) in [5, 5.41) is 8.39. The van der Waals surface area contributed by atoms with E-state index in [1.54, 1.807) is 99.1 Å². The first-order valence-electron chi connectivity index (χ1n) is 14.2. The molecule has 5 rings (SSSR count). The molecular weight excluding hydrogens is 602 g/mol. The maximum absolute atomic E-state index is 13.4. The molecule has 3 amide bonds. The Morgan fingerprint density at radius 3 is 2.04 bits per heavy atom. The van der Waals surface area contributed by atoms with Crippen LogP contribution in [-0.4, -0.2) is 37.7 Å². The van der Waals surface area contributed by atoms with Crippen LogP contribution >= 0.6 is 11.8 Å². The third-order valence-corrected chi connectivity index (χ3v) is 7.63. The summed E-state index contributed by atoms with van der Waals surface area (Å²) in [6, 6.07) is 33.9. The molecule has 232 valence electrons. The summed E-state index contributed by atoms with van der Waals surface area (Å²) in [7, 11) is 3.09. The SMILES string of the molecule is COc1cc(NC(=O)CSc2ccc(NC(=O)/C(=C\c3ccc(-c4ccccc4)o3)NC(=O)c3ccccc3)cc2)cc(OC)c1. The van der Waals surface area contributed by atoms with Gasteiger partial charge in [0.15, 0.2) is 0 Å². The number of furan rings is 1. The van der Waals surface area contributed by atoms with Crippen LogP contribution < -0.4 is 25.4 Å². The van der Waals surface area contributed by atoms with Crippen molar-refractivity contribution in [2.24, 2.45) is 0 Å². The molecule has 0 aliphatic carbocycles. The molecule has 0 aliphatic heterocycles. The standard InChI is InChI=1S/C36H31N3O6S/c1-43-29-19-27(20-30(21-29)44-2)37-34(40)23-46-31-16-13-26(14-17-31)38-36(42)32(39-35(41)25-11-7-4-8-12-25)22-28-15-18-33(45-28)24-9-5-3-6-10-24/h3-22H,23H2,1-2H3,(H,37,40)(H,38,42)(H,39,41)/b32-22+. The van der Waals surface area contributed by atoms with Gasteiger partial charge in [0.25, 0.3) is 11.8 Å². The van der Waals surface area contributed by atoms with Crippen molar-refractivity contribution in [3.63, 3.8) is 0 Å². The first-order chi connectivity index (χ1) is 22.4. The Morgan fingerprint density at radius 2 is 1.39 bits per heavy atom. The van der Waals surface area contributed by atoms with Crippen LogP contribution in [0.4, 0.5) is 11.4 Å². The lowest BCUT2D eigenvalue weighted by Gasteiger charge is -2.12. The molecule has 9 nitrogen and oxygen atoms in total. The number of nitrogens with one attached hydrogen (secondary N) is 3. The molecule has 10 heteroatoms. The normalized spacial score (nSPS) is 11.0. The van der Waals surface area contributed by atoms with Gasteiger partial charge in [0.05, 0.1) is 20.0 Å². The minimum atomic E-state index is -0.532. The molecule has 0 atom stereocenters. The fourth-order valence-electron chi connectivity index (χ4n) is 4.33. The van der Waals surface area contributed by atoms with E-state index in [9.17, 15) is 14.4 Å². The van der Waals surface area contributed by atoms with Crippen LogP contribution in [0.5, 0.6) is 11.5 Å². The van der Waals surface area contributed by atoms with Crippen LogP contribution in [0.25, 0.3) is 17.4 Å². The number of benzene rings is 4. The van der Waals surface area contributed by atoms with E-state index in [0.717, 1.165) is 10.5 Å². The predicted molar refractivity (Wildman–Crippen MR) is 180 cm³/mol. The van der Waals surface area contributed by atoms with Crippen molar-refractivity contribution in [1.82, 2.24) is 5.32 Å². The highest BCUT2D eigenvalue weighted by molar-refractivity contribution is 8.00. The monoisotopic (exact) mass is 633 g/mol. The summed E-state index contributed by atoms with van der Waals surface area (Å²) in [6.07, 6.45) is 1.49. The summed E-state index contributed by atoms with van der Waals surface area (Å²) in [4.78, 5) is 39.8. The third-order valence-electron chi connectivity index (χ3n) is 6.62. The van der Waals surface area contributed by atoms with Gasteiger partial charge in [-0.1, -0.05) is 48.5 Å². The van der Waals surface area contributed by atoms with Gasteiger partial charge in [0.2, 0.25) is 5.91 Å². The van der Waals surface area contributed by atoms with Crippen LogP contribution in [-0.2, 0) is 9.59 Å². The number of methoxy groups -OCH3 is 2. The van der Waals surface area contributed by atoms with Gasteiger partial charge < -0.3 is 29.8 Å². The maximum atomic E-state index is 13.4. The van der Waals surface area contributed by atoms with Crippen LogP contribution in [0.3, 0.4) is 0 Å². The number of anilines is 2. The molecule has 46 heavy (non-hydrogen) atoms. The summed E-state index contributed by atoms with van der Waals surface area (Å²) in [5.41, 5.74) is 2.37. The van der Waals surface area contributed by atoms with Crippen molar-refractivity contribution >= 4 is 46.9 Å². The second-order valence-electron chi connectivity index (χ2n) is 9.86. The average Bonchev–Trinajstić information content (AvgIpc) is 3.56. The number of rotatable bonds is 12. The van der Waals surface area contributed by atoms with Crippen LogP contribution in [0.15, 0.2) is 130 Å². The first-order valence-corrected chi connectivity index (χ1v) is 15.2. The Hall–Kier alpha value is -5.74. The molecule has 0 radical (unpaired) electrons. The lowest BCUT2D eigenvalue weighted by molar-refractivity contribution is -0.114. The third kappa shape index (κ3) is 8.67. The zero-order valence-electron chi connectivity index (χ0n) is 25.1. The molecular formula is C36H31N3O6S. The van der Waals surface area contributed by atoms with Gasteiger partial charge in [-0.25, -0.2) is 0 Å². The van der Waals surface area contributed by atoms with Gasteiger partial charge in [-0.2, -0.15) is 0 Å². The minimum absolute atomic E-state index is 0.00658. The van der Waals surface area contributed by atoms with E-state index < -0.39 is 11.8 Å². The average molecular weight is 634 g/mol. The van der Waals surface area contributed by atoms with Gasteiger partial charge in [0.1, 0.15) is 28.7 Å². The van der Waals surface area contributed by atoms with Crippen molar-refractivity contribution in [3.05, 3.63) is 132 Å². The lowest BCUT2D eigenvalue weighted by Crippen LogP contribution is -2.30. The summed E-state index contributed by atoms with van der Waals surface area (Å²) < 4.78 is 16.5. The summed E-state index contributed by atoms with van der Waals surface area (Å²) in [6.45, 7) is 0. The predicted octanol–water partition coefficient (Wildman–Crippen LogP) is 7.10. The number of amides is 3. The molecule has 0 unspecified atom stereocenters.